The molecule has 16 heavy (non-hydrogen) atoms. The normalized spacial score (nSPS) is 14.1. The van der Waals surface area contributed by atoms with Crippen molar-refractivity contribution in [3.05, 3.63) is 0 Å². The second kappa shape index (κ2) is 8.97. The van der Waals surface area contributed by atoms with Crippen LogP contribution in [0.5, 0.6) is 0 Å². The molecule has 3 nitrogen and oxygen atoms in total. The maximum absolute atomic E-state index is 10.1. The molecule has 3 N–H and O–H groups in total. The van der Waals surface area contributed by atoms with Crippen molar-refractivity contribution in [2.24, 2.45) is 5.92 Å². The smallest absolute Gasteiger partial charge is 0.0766 e. The van der Waals surface area contributed by atoms with Gasteiger partial charge in [0.25, 0.3) is 0 Å². The van der Waals surface area contributed by atoms with Gasteiger partial charge in [-0.15, -0.1) is 0 Å². The van der Waals surface area contributed by atoms with Crippen molar-refractivity contribution in [2.75, 3.05) is 19.7 Å². The molecule has 0 radical (unpaired) electrons. The molecule has 1 atom stereocenters. The van der Waals surface area contributed by atoms with Crippen LogP contribution in [-0.2, 0) is 0 Å². The first-order valence-electron chi connectivity index (χ1n) is 6.65. The van der Waals surface area contributed by atoms with Crippen LogP contribution in [0.25, 0.3) is 0 Å². The summed E-state index contributed by atoms with van der Waals surface area (Å²) in [6.45, 7) is 8.02. The first kappa shape index (κ1) is 15.9. The molecule has 0 bridgehead atoms. The van der Waals surface area contributed by atoms with Crippen LogP contribution in [0.15, 0.2) is 0 Å². The molecular weight excluding hydrogens is 202 g/mol. The monoisotopic (exact) mass is 231 g/mol. The lowest BCUT2D eigenvalue weighted by Crippen LogP contribution is -2.41. The number of hydrogen-bond donors (Lipinski definition) is 3. The average molecular weight is 231 g/mol. The Balaban J connectivity index is 3.83. The zero-order chi connectivity index (χ0) is 12.4. The molecule has 1 unspecified atom stereocenters. The third-order valence-corrected chi connectivity index (χ3v) is 3.44. The van der Waals surface area contributed by atoms with E-state index in [9.17, 15) is 5.11 Å². The van der Waals surface area contributed by atoms with Crippen molar-refractivity contribution in [2.45, 2.75) is 58.5 Å². The Kier molecular flexibility index (Phi) is 8.90. The molecule has 0 aliphatic rings. The average Bonchev–Trinajstić information content (AvgIpc) is 2.29. The number of hydrogen-bond acceptors (Lipinski definition) is 3. The highest BCUT2D eigenvalue weighted by Crippen LogP contribution is 2.14. The van der Waals surface area contributed by atoms with E-state index in [1.54, 1.807) is 0 Å². The van der Waals surface area contributed by atoms with Crippen molar-refractivity contribution in [3.63, 3.8) is 0 Å². The third kappa shape index (κ3) is 6.46. The van der Waals surface area contributed by atoms with Crippen LogP contribution >= 0.6 is 0 Å². The molecule has 0 aromatic heterocycles. The highest BCUT2D eigenvalue weighted by molar-refractivity contribution is 4.78. The first-order chi connectivity index (χ1) is 7.61. The summed E-state index contributed by atoms with van der Waals surface area (Å²) >= 11 is 0. The topological polar surface area (TPSA) is 52.5 Å². The predicted molar refractivity (Wildman–Crippen MR) is 68.5 cm³/mol. The van der Waals surface area contributed by atoms with Crippen molar-refractivity contribution in [1.82, 2.24) is 5.32 Å². The molecule has 0 saturated heterocycles. The van der Waals surface area contributed by atoms with E-state index in [0.717, 1.165) is 38.6 Å². The minimum atomic E-state index is -0.560. The summed E-state index contributed by atoms with van der Waals surface area (Å²) in [7, 11) is 0. The second-order valence-electron chi connectivity index (χ2n) is 4.73. The molecular formula is C13H29NO2. The van der Waals surface area contributed by atoms with E-state index in [1.807, 2.05) is 13.8 Å². The summed E-state index contributed by atoms with van der Waals surface area (Å²) < 4.78 is 0. The Bertz CT molecular complexity index is 152. The fourth-order valence-electron chi connectivity index (χ4n) is 1.95. The summed E-state index contributed by atoms with van der Waals surface area (Å²) in [4.78, 5) is 0. The van der Waals surface area contributed by atoms with Gasteiger partial charge in [-0.05, 0) is 38.1 Å². The van der Waals surface area contributed by atoms with Gasteiger partial charge in [0.15, 0.2) is 0 Å². The van der Waals surface area contributed by atoms with Crippen LogP contribution in [0.4, 0.5) is 0 Å². The van der Waals surface area contributed by atoms with E-state index in [2.05, 4.69) is 12.2 Å². The maximum Gasteiger partial charge on any atom is 0.0766 e. The van der Waals surface area contributed by atoms with E-state index in [1.165, 1.54) is 0 Å². The molecule has 0 aromatic rings. The van der Waals surface area contributed by atoms with Crippen molar-refractivity contribution >= 4 is 0 Å². The molecule has 98 valence electrons. The Labute approximate surface area is 100 Å². The van der Waals surface area contributed by atoms with Crippen LogP contribution in [0, 0.1) is 5.92 Å². The highest BCUT2D eigenvalue weighted by atomic mass is 16.3. The van der Waals surface area contributed by atoms with E-state index < -0.39 is 5.60 Å². The van der Waals surface area contributed by atoms with Gasteiger partial charge in [-0.25, -0.2) is 0 Å². The van der Waals surface area contributed by atoms with Gasteiger partial charge in [0.05, 0.1) is 5.60 Å². The fourth-order valence-corrected chi connectivity index (χ4v) is 1.95. The molecule has 0 fully saturated rings. The van der Waals surface area contributed by atoms with E-state index in [4.69, 9.17) is 5.11 Å². The second-order valence-corrected chi connectivity index (χ2v) is 4.73. The zero-order valence-corrected chi connectivity index (χ0v) is 11.1. The van der Waals surface area contributed by atoms with Gasteiger partial charge in [-0.3, -0.25) is 0 Å². The lowest BCUT2D eigenvalue weighted by atomic mass is 9.96. The van der Waals surface area contributed by atoms with Gasteiger partial charge < -0.3 is 15.5 Å². The van der Waals surface area contributed by atoms with Crippen LogP contribution < -0.4 is 5.32 Å². The summed E-state index contributed by atoms with van der Waals surface area (Å²) in [6, 6.07) is 0. The molecule has 0 saturated carbocycles. The molecule has 0 aromatic carbocycles. The summed E-state index contributed by atoms with van der Waals surface area (Å²) in [5.74, 6) is 0.535. The highest BCUT2D eigenvalue weighted by Gasteiger charge is 2.21. The Hall–Kier alpha value is -0.120. The first-order valence-corrected chi connectivity index (χ1v) is 6.65. The van der Waals surface area contributed by atoms with Gasteiger partial charge >= 0.3 is 0 Å². The standard InChI is InChI=1S/C13H29NO2/c1-4-7-12(8-9-15)10-14-11-13(16,5-2)6-3/h12,14-16H,4-11H2,1-3H3. The van der Waals surface area contributed by atoms with Crippen LogP contribution in [0.3, 0.4) is 0 Å². The van der Waals surface area contributed by atoms with Gasteiger partial charge in [-0.1, -0.05) is 27.2 Å². The number of aliphatic hydroxyl groups excluding tert-OH is 1. The van der Waals surface area contributed by atoms with E-state index in [-0.39, 0.29) is 6.61 Å². The maximum atomic E-state index is 10.1. The minimum absolute atomic E-state index is 0.262. The van der Waals surface area contributed by atoms with Crippen molar-refractivity contribution in [1.29, 1.82) is 0 Å². The quantitative estimate of drug-likeness (QED) is 0.538. The van der Waals surface area contributed by atoms with Crippen LogP contribution in [0.1, 0.15) is 52.9 Å². The van der Waals surface area contributed by atoms with Gasteiger partial charge in [-0.2, -0.15) is 0 Å². The lowest BCUT2D eigenvalue weighted by Gasteiger charge is -2.27. The number of nitrogens with one attached hydrogen (secondary N) is 1. The molecule has 0 rings (SSSR count). The van der Waals surface area contributed by atoms with Crippen LogP contribution in [-0.4, -0.2) is 35.5 Å². The summed E-state index contributed by atoms with van der Waals surface area (Å²) in [6.07, 6.45) is 4.73. The number of aliphatic hydroxyl groups is 2. The minimum Gasteiger partial charge on any atom is -0.396 e. The Morgan fingerprint density at radius 2 is 1.75 bits per heavy atom. The van der Waals surface area contributed by atoms with Gasteiger partial charge in [0.2, 0.25) is 0 Å². The summed E-state index contributed by atoms with van der Waals surface area (Å²) in [5, 5.41) is 22.4. The summed E-state index contributed by atoms with van der Waals surface area (Å²) in [5.41, 5.74) is -0.560. The Morgan fingerprint density at radius 3 is 2.19 bits per heavy atom. The molecule has 0 aliphatic carbocycles. The molecule has 0 amide bonds. The largest absolute Gasteiger partial charge is 0.396 e. The van der Waals surface area contributed by atoms with Crippen molar-refractivity contribution < 1.29 is 10.2 Å². The van der Waals surface area contributed by atoms with Gasteiger partial charge in [0, 0.05) is 13.2 Å². The van der Waals surface area contributed by atoms with Gasteiger partial charge in [0.1, 0.15) is 0 Å². The van der Waals surface area contributed by atoms with E-state index >= 15 is 0 Å². The van der Waals surface area contributed by atoms with Crippen LogP contribution in [0.2, 0.25) is 0 Å². The Morgan fingerprint density at radius 1 is 1.12 bits per heavy atom. The molecule has 0 heterocycles. The lowest BCUT2D eigenvalue weighted by molar-refractivity contribution is 0.0315. The fraction of sp³-hybridized carbons (Fsp3) is 1.00. The molecule has 3 heteroatoms. The molecule has 0 aliphatic heterocycles. The third-order valence-electron chi connectivity index (χ3n) is 3.44. The van der Waals surface area contributed by atoms with Crippen molar-refractivity contribution in [3.8, 4) is 0 Å². The predicted octanol–water partition coefficient (Wildman–Crippen LogP) is 1.93. The SMILES string of the molecule is CCCC(CCO)CNCC(O)(CC)CC. The molecule has 0 spiro atoms. The number of rotatable bonds is 10. The zero-order valence-electron chi connectivity index (χ0n) is 11.1. The van der Waals surface area contributed by atoms with E-state index in [0.29, 0.717) is 12.5 Å².